The first-order chi connectivity index (χ1) is 9.06. The fourth-order valence-electron chi connectivity index (χ4n) is 2.49. The molecule has 0 radical (unpaired) electrons. The summed E-state index contributed by atoms with van der Waals surface area (Å²) in [6.45, 7) is 6.09. The van der Waals surface area contributed by atoms with Gasteiger partial charge in [-0.15, -0.1) is 11.3 Å². The first kappa shape index (κ1) is 15.0. The van der Waals surface area contributed by atoms with Crippen molar-refractivity contribution in [1.82, 2.24) is 9.62 Å². The molecule has 1 aliphatic heterocycles. The zero-order valence-electron chi connectivity index (χ0n) is 11.6. The van der Waals surface area contributed by atoms with E-state index in [4.69, 9.17) is 0 Å². The standard InChI is InChI=1S/C13H22N2O2S2/c1-3-6-14-7-10-19(16,17)15-8-4-13-12(11(15)2)5-9-18-13/h5,9,11,14H,3-4,6-8,10H2,1-2H3. The van der Waals surface area contributed by atoms with Gasteiger partial charge in [-0.05, 0) is 43.3 Å². The predicted molar refractivity (Wildman–Crippen MR) is 80.1 cm³/mol. The van der Waals surface area contributed by atoms with Crippen molar-refractivity contribution in [2.75, 3.05) is 25.4 Å². The zero-order valence-corrected chi connectivity index (χ0v) is 13.2. The van der Waals surface area contributed by atoms with Crippen LogP contribution in [-0.2, 0) is 16.4 Å². The number of fused-ring (bicyclic) bond motifs is 1. The van der Waals surface area contributed by atoms with Gasteiger partial charge in [-0.1, -0.05) is 6.92 Å². The molecule has 108 valence electrons. The van der Waals surface area contributed by atoms with Crippen LogP contribution in [0, 0.1) is 0 Å². The monoisotopic (exact) mass is 302 g/mol. The molecule has 1 aromatic rings. The van der Waals surface area contributed by atoms with Crippen LogP contribution in [0.1, 0.15) is 36.8 Å². The van der Waals surface area contributed by atoms with Gasteiger partial charge in [0.25, 0.3) is 0 Å². The molecule has 1 aliphatic rings. The second kappa shape index (κ2) is 6.35. The van der Waals surface area contributed by atoms with Crippen LogP contribution in [0.5, 0.6) is 0 Å². The number of hydrogen-bond donors (Lipinski definition) is 1. The molecule has 1 atom stereocenters. The Labute approximate surface area is 119 Å². The lowest BCUT2D eigenvalue weighted by atomic mass is 10.0. The fraction of sp³-hybridized carbons (Fsp3) is 0.692. The van der Waals surface area contributed by atoms with E-state index in [0.29, 0.717) is 13.1 Å². The Bertz CT molecular complexity index is 510. The summed E-state index contributed by atoms with van der Waals surface area (Å²) in [6.07, 6.45) is 1.87. The van der Waals surface area contributed by atoms with Gasteiger partial charge in [0.2, 0.25) is 10.0 Å². The number of sulfonamides is 1. The lowest BCUT2D eigenvalue weighted by Crippen LogP contribution is -2.41. The Kier molecular flexibility index (Phi) is 5.00. The summed E-state index contributed by atoms with van der Waals surface area (Å²) in [6, 6.07) is 2.04. The van der Waals surface area contributed by atoms with Gasteiger partial charge in [-0.2, -0.15) is 4.31 Å². The molecule has 0 bridgehead atoms. The SMILES string of the molecule is CCCNCCS(=O)(=O)N1CCc2sccc2C1C. The maximum atomic E-state index is 12.4. The molecule has 0 saturated carbocycles. The molecule has 2 heterocycles. The van der Waals surface area contributed by atoms with Crippen molar-refractivity contribution in [1.29, 1.82) is 0 Å². The van der Waals surface area contributed by atoms with Crippen LogP contribution in [0.15, 0.2) is 11.4 Å². The quantitative estimate of drug-likeness (QED) is 0.818. The summed E-state index contributed by atoms with van der Waals surface area (Å²) in [4.78, 5) is 1.34. The lowest BCUT2D eigenvalue weighted by Gasteiger charge is -2.32. The minimum absolute atomic E-state index is 0.0221. The third-order valence-electron chi connectivity index (χ3n) is 3.54. The van der Waals surface area contributed by atoms with Gasteiger partial charge < -0.3 is 5.32 Å². The van der Waals surface area contributed by atoms with E-state index in [9.17, 15) is 8.42 Å². The molecule has 1 N–H and O–H groups in total. The minimum atomic E-state index is -3.16. The molecule has 6 heteroatoms. The van der Waals surface area contributed by atoms with E-state index >= 15 is 0 Å². The van der Waals surface area contributed by atoms with E-state index in [1.54, 1.807) is 15.6 Å². The van der Waals surface area contributed by atoms with E-state index in [2.05, 4.69) is 23.7 Å². The van der Waals surface area contributed by atoms with Crippen LogP contribution in [0.2, 0.25) is 0 Å². The Morgan fingerprint density at radius 2 is 2.26 bits per heavy atom. The second-order valence-corrected chi connectivity index (χ2v) is 7.94. The number of hydrogen-bond acceptors (Lipinski definition) is 4. The van der Waals surface area contributed by atoms with Crippen LogP contribution in [0.25, 0.3) is 0 Å². The molecule has 19 heavy (non-hydrogen) atoms. The first-order valence-corrected chi connectivity index (χ1v) is 9.31. The van der Waals surface area contributed by atoms with Crippen LogP contribution in [-0.4, -0.2) is 38.1 Å². The van der Waals surface area contributed by atoms with Crippen molar-refractivity contribution in [2.24, 2.45) is 0 Å². The van der Waals surface area contributed by atoms with E-state index in [-0.39, 0.29) is 11.8 Å². The number of nitrogens with zero attached hydrogens (tertiary/aromatic N) is 1. The number of nitrogens with one attached hydrogen (secondary N) is 1. The van der Waals surface area contributed by atoms with Crippen molar-refractivity contribution >= 4 is 21.4 Å². The predicted octanol–water partition coefficient (Wildman–Crippen LogP) is 2.00. The maximum absolute atomic E-state index is 12.4. The molecule has 1 aromatic heterocycles. The number of thiophene rings is 1. The third kappa shape index (κ3) is 3.37. The maximum Gasteiger partial charge on any atom is 0.215 e. The average Bonchev–Trinajstić information content (AvgIpc) is 2.84. The first-order valence-electron chi connectivity index (χ1n) is 6.82. The van der Waals surface area contributed by atoms with Crippen molar-refractivity contribution in [3.8, 4) is 0 Å². The molecule has 4 nitrogen and oxygen atoms in total. The smallest absolute Gasteiger partial charge is 0.215 e. The molecule has 0 amide bonds. The Balaban J connectivity index is 2.02. The lowest BCUT2D eigenvalue weighted by molar-refractivity contribution is 0.329. The van der Waals surface area contributed by atoms with Gasteiger partial charge >= 0.3 is 0 Å². The van der Waals surface area contributed by atoms with Crippen molar-refractivity contribution in [2.45, 2.75) is 32.7 Å². The van der Waals surface area contributed by atoms with Gasteiger partial charge in [0, 0.05) is 24.0 Å². The molecule has 0 aromatic carbocycles. The van der Waals surface area contributed by atoms with Crippen molar-refractivity contribution in [3.63, 3.8) is 0 Å². The van der Waals surface area contributed by atoms with Gasteiger partial charge in [-0.3, -0.25) is 0 Å². The Hall–Kier alpha value is -0.430. The molecule has 0 saturated heterocycles. The third-order valence-corrected chi connectivity index (χ3v) is 6.47. The van der Waals surface area contributed by atoms with E-state index in [0.717, 1.165) is 19.4 Å². The van der Waals surface area contributed by atoms with Crippen LogP contribution in [0.4, 0.5) is 0 Å². The van der Waals surface area contributed by atoms with Gasteiger partial charge in [0.05, 0.1) is 5.75 Å². The summed E-state index contributed by atoms with van der Waals surface area (Å²) >= 11 is 1.73. The summed E-state index contributed by atoms with van der Waals surface area (Å²) in [7, 11) is -3.16. The van der Waals surface area contributed by atoms with Gasteiger partial charge in [0.1, 0.15) is 0 Å². The van der Waals surface area contributed by atoms with E-state index in [1.807, 2.05) is 6.92 Å². The summed E-state index contributed by atoms with van der Waals surface area (Å²) in [5.74, 6) is 0.191. The minimum Gasteiger partial charge on any atom is -0.316 e. The molecule has 0 fully saturated rings. The van der Waals surface area contributed by atoms with E-state index in [1.165, 1.54) is 10.4 Å². The highest BCUT2D eigenvalue weighted by Crippen LogP contribution is 2.34. The van der Waals surface area contributed by atoms with Crippen LogP contribution < -0.4 is 5.32 Å². The summed E-state index contributed by atoms with van der Waals surface area (Å²) in [5, 5.41) is 5.21. The van der Waals surface area contributed by atoms with Crippen LogP contribution in [0.3, 0.4) is 0 Å². The van der Waals surface area contributed by atoms with Crippen LogP contribution >= 0.6 is 11.3 Å². The average molecular weight is 302 g/mol. The van der Waals surface area contributed by atoms with E-state index < -0.39 is 10.0 Å². The Morgan fingerprint density at radius 1 is 1.47 bits per heavy atom. The van der Waals surface area contributed by atoms with Crippen molar-refractivity contribution < 1.29 is 8.42 Å². The fourth-order valence-corrected chi connectivity index (χ4v) is 5.05. The highest BCUT2D eigenvalue weighted by Gasteiger charge is 2.32. The second-order valence-electron chi connectivity index (χ2n) is 4.90. The molecule has 0 aliphatic carbocycles. The molecular formula is C13H22N2O2S2. The summed E-state index contributed by atoms with van der Waals surface area (Å²) < 4.78 is 26.4. The molecule has 1 unspecified atom stereocenters. The Morgan fingerprint density at radius 3 is 3.00 bits per heavy atom. The summed E-state index contributed by atoms with van der Waals surface area (Å²) in [5.41, 5.74) is 1.18. The normalized spacial score (nSPS) is 20.4. The highest BCUT2D eigenvalue weighted by atomic mass is 32.2. The molecule has 2 rings (SSSR count). The molecular weight excluding hydrogens is 280 g/mol. The van der Waals surface area contributed by atoms with Gasteiger partial charge in [0.15, 0.2) is 0 Å². The highest BCUT2D eigenvalue weighted by molar-refractivity contribution is 7.89. The largest absolute Gasteiger partial charge is 0.316 e. The molecule has 0 spiro atoms. The van der Waals surface area contributed by atoms with Gasteiger partial charge in [-0.25, -0.2) is 8.42 Å². The zero-order chi connectivity index (χ0) is 13.9. The topological polar surface area (TPSA) is 49.4 Å². The van der Waals surface area contributed by atoms with Crippen molar-refractivity contribution in [3.05, 3.63) is 21.9 Å². The number of rotatable bonds is 6.